The fraction of sp³-hybridized carbons (Fsp3) is 0.300. The molecule has 0 saturated heterocycles. The minimum Gasteiger partial charge on any atom is -0.495 e. The number of methoxy groups -OCH3 is 1. The predicted molar refractivity (Wildman–Crippen MR) is 119 cm³/mol. The van der Waals surface area contributed by atoms with Crippen molar-refractivity contribution in [2.75, 3.05) is 34.8 Å². The van der Waals surface area contributed by atoms with E-state index in [2.05, 4.69) is 10.6 Å². The van der Waals surface area contributed by atoms with E-state index in [1.807, 2.05) is 0 Å². The summed E-state index contributed by atoms with van der Waals surface area (Å²) in [7, 11) is -2.09. The van der Waals surface area contributed by atoms with E-state index in [1.54, 1.807) is 36.4 Å². The average Bonchev–Trinajstić information content (AvgIpc) is 2.64. The van der Waals surface area contributed by atoms with Crippen molar-refractivity contribution in [2.45, 2.75) is 19.8 Å². The van der Waals surface area contributed by atoms with Crippen molar-refractivity contribution in [3.63, 3.8) is 0 Å². The maximum atomic E-state index is 12.2. The summed E-state index contributed by atoms with van der Waals surface area (Å²) in [5.74, 6) is -0.0380. The molecule has 0 saturated carbocycles. The number of nitrogens with zero attached hydrogens (tertiary/aromatic N) is 1. The molecule has 0 heterocycles. The van der Waals surface area contributed by atoms with E-state index >= 15 is 0 Å². The van der Waals surface area contributed by atoms with Gasteiger partial charge in [-0.15, -0.1) is 0 Å². The molecule has 0 aliphatic carbocycles. The number of carbonyl (C=O) groups is 2. The van der Waals surface area contributed by atoms with E-state index in [1.165, 1.54) is 24.4 Å². The summed E-state index contributed by atoms with van der Waals surface area (Å²) in [5.41, 5.74) is 1.50. The van der Waals surface area contributed by atoms with Crippen LogP contribution in [0.15, 0.2) is 42.5 Å². The standard InChI is InChI=1S/C20H24ClN3O5S/c1-14(25)22-15-6-4-7-16(12-15)23-20(26)8-5-11-24(30(3,27)28)17-9-10-19(29-2)18(21)13-17/h4,6-7,9-10,12-13H,5,8,11H2,1-3H3,(H,22,25)(H,23,26). The Hall–Kier alpha value is -2.78. The van der Waals surface area contributed by atoms with Crippen LogP contribution in [0.4, 0.5) is 17.1 Å². The molecule has 0 bridgehead atoms. The molecule has 0 aliphatic rings. The van der Waals surface area contributed by atoms with Gasteiger partial charge < -0.3 is 15.4 Å². The number of halogens is 1. The van der Waals surface area contributed by atoms with Gasteiger partial charge in [-0.3, -0.25) is 13.9 Å². The number of ether oxygens (including phenoxy) is 1. The van der Waals surface area contributed by atoms with Crippen LogP contribution in [0.2, 0.25) is 5.02 Å². The summed E-state index contributed by atoms with van der Waals surface area (Å²) in [6, 6.07) is 11.5. The van der Waals surface area contributed by atoms with Crippen LogP contribution < -0.4 is 19.7 Å². The maximum Gasteiger partial charge on any atom is 0.232 e. The van der Waals surface area contributed by atoms with Gasteiger partial charge in [0.2, 0.25) is 21.8 Å². The summed E-state index contributed by atoms with van der Waals surface area (Å²) in [6.07, 6.45) is 1.51. The second-order valence-electron chi connectivity index (χ2n) is 6.57. The zero-order chi connectivity index (χ0) is 22.3. The van der Waals surface area contributed by atoms with Gasteiger partial charge in [0.1, 0.15) is 5.75 Å². The SMILES string of the molecule is COc1ccc(N(CCCC(=O)Nc2cccc(NC(C)=O)c2)S(C)(=O)=O)cc1Cl. The van der Waals surface area contributed by atoms with Crippen molar-refractivity contribution in [2.24, 2.45) is 0 Å². The Bertz CT molecular complexity index is 1030. The molecule has 0 unspecified atom stereocenters. The summed E-state index contributed by atoms with van der Waals surface area (Å²) in [6.45, 7) is 1.51. The van der Waals surface area contributed by atoms with Crippen LogP contribution >= 0.6 is 11.6 Å². The third-order valence-electron chi connectivity index (χ3n) is 4.06. The molecule has 0 atom stereocenters. The van der Waals surface area contributed by atoms with Crippen LogP contribution in [0.25, 0.3) is 0 Å². The highest BCUT2D eigenvalue weighted by atomic mass is 35.5. The van der Waals surface area contributed by atoms with E-state index in [4.69, 9.17) is 16.3 Å². The van der Waals surface area contributed by atoms with E-state index < -0.39 is 10.0 Å². The summed E-state index contributed by atoms with van der Waals surface area (Å²) in [5, 5.41) is 5.67. The van der Waals surface area contributed by atoms with Gasteiger partial charge in [0.15, 0.2) is 0 Å². The molecule has 0 aromatic heterocycles. The van der Waals surface area contributed by atoms with Gasteiger partial charge in [0.25, 0.3) is 0 Å². The highest BCUT2D eigenvalue weighted by Crippen LogP contribution is 2.30. The number of carbonyl (C=O) groups excluding carboxylic acids is 2. The zero-order valence-corrected chi connectivity index (χ0v) is 18.5. The number of benzene rings is 2. The van der Waals surface area contributed by atoms with Crippen molar-refractivity contribution in [3.8, 4) is 5.75 Å². The van der Waals surface area contributed by atoms with Crippen molar-refractivity contribution < 1.29 is 22.7 Å². The molecule has 0 aliphatic heterocycles. The molecule has 2 N–H and O–H groups in total. The quantitative estimate of drug-likeness (QED) is 0.604. The summed E-state index contributed by atoms with van der Waals surface area (Å²) in [4.78, 5) is 23.4. The molecule has 2 aromatic rings. The Morgan fingerprint density at radius 1 is 1.10 bits per heavy atom. The van der Waals surface area contributed by atoms with Crippen LogP contribution in [0.1, 0.15) is 19.8 Å². The van der Waals surface area contributed by atoms with Gasteiger partial charge in [0.05, 0.1) is 24.1 Å². The maximum absolute atomic E-state index is 12.2. The lowest BCUT2D eigenvalue weighted by Gasteiger charge is -2.23. The molecule has 2 rings (SSSR count). The van der Waals surface area contributed by atoms with Crippen LogP contribution in [0, 0.1) is 0 Å². The molecule has 0 radical (unpaired) electrons. The lowest BCUT2D eigenvalue weighted by molar-refractivity contribution is -0.116. The number of anilines is 3. The van der Waals surface area contributed by atoms with Gasteiger partial charge in [-0.1, -0.05) is 17.7 Å². The molecular weight excluding hydrogens is 430 g/mol. The van der Waals surface area contributed by atoms with E-state index in [0.717, 1.165) is 6.26 Å². The Labute approximate surface area is 181 Å². The van der Waals surface area contributed by atoms with Crippen molar-refractivity contribution >= 4 is 50.5 Å². The first kappa shape index (κ1) is 23.5. The smallest absolute Gasteiger partial charge is 0.232 e. The summed E-state index contributed by atoms with van der Waals surface area (Å²) < 4.78 is 30.7. The minimum atomic E-state index is -3.57. The van der Waals surface area contributed by atoms with Gasteiger partial charge in [0, 0.05) is 31.3 Å². The number of amides is 2. The van der Waals surface area contributed by atoms with E-state index in [9.17, 15) is 18.0 Å². The van der Waals surface area contributed by atoms with Crippen LogP contribution in [0.3, 0.4) is 0 Å². The Morgan fingerprint density at radius 2 is 1.77 bits per heavy atom. The molecule has 10 heteroatoms. The van der Waals surface area contributed by atoms with Gasteiger partial charge in [-0.05, 0) is 42.8 Å². The molecule has 2 amide bonds. The Morgan fingerprint density at radius 3 is 2.33 bits per heavy atom. The highest BCUT2D eigenvalue weighted by molar-refractivity contribution is 7.92. The number of hydrogen-bond acceptors (Lipinski definition) is 5. The number of hydrogen-bond donors (Lipinski definition) is 2. The van der Waals surface area contributed by atoms with Gasteiger partial charge in [-0.2, -0.15) is 0 Å². The fourth-order valence-corrected chi connectivity index (χ4v) is 3.99. The first-order chi connectivity index (χ1) is 14.1. The van der Waals surface area contributed by atoms with Crippen LogP contribution in [-0.4, -0.2) is 40.1 Å². The molecule has 0 spiro atoms. The van der Waals surface area contributed by atoms with Crippen molar-refractivity contribution in [1.29, 1.82) is 0 Å². The second-order valence-corrected chi connectivity index (χ2v) is 8.88. The molecule has 30 heavy (non-hydrogen) atoms. The molecule has 8 nitrogen and oxygen atoms in total. The normalized spacial score (nSPS) is 10.9. The van der Waals surface area contributed by atoms with Crippen molar-refractivity contribution in [1.82, 2.24) is 0 Å². The van der Waals surface area contributed by atoms with Gasteiger partial charge >= 0.3 is 0 Å². The van der Waals surface area contributed by atoms with E-state index in [0.29, 0.717) is 34.3 Å². The highest BCUT2D eigenvalue weighted by Gasteiger charge is 2.19. The third-order valence-corrected chi connectivity index (χ3v) is 5.54. The molecule has 2 aromatic carbocycles. The number of rotatable bonds is 9. The Kier molecular flexibility index (Phi) is 8.08. The fourth-order valence-electron chi connectivity index (χ4n) is 2.78. The van der Waals surface area contributed by atoms with E-state index in [-0.39, 0.29) is 24.8 Å². The molecule has 0 fully saturated rings. The average molecular weight is 454 g/mol. The lowest BCUT2D eigenvalue weighted by atomic mass is 10.2. The topological polar surface area (TPSA) is 105 Å². The zero-order valence-electron chi connectivity index (χ0n) is 16.9. The second kappa shape index (κ2) is 10.3. The monoisotopic (exact) mass is 453 g/mol. The number of sulfonamides is 1. The molecule has 162 valence electrons. The first-order valence-corrected chi connectivity index (χ1v) is 11.3. The largest absolute Gasteiger partial charge is 0.495 e. The lowest BCUT2D eigenvalue weighted by Crippen LogP contribution is -2.31. The Balaban J connectivity index is 1.99. The number of nitrogens with one attached hydrogen (secondary N) is 2. The first-order valence-electron chi connectivity index (χ1n) is 9.09. The predicted octanol–water partition coefficient (Wildman–Crippen LogP) is 3.49. The summed E-state index contributed by atoms with van der Waals surface area (Å²) >= 11 is 6.11. The molecular formula is C20H24ClN3O5S. The van der Waals surface area contributed by atoms with Crippen LogP contribution in [-0.2, 0) is 19.6 Å². The van der Waals surface area contributed by atoms with Crippen molar-refractivity contribution in [3.05, 3.63) is 47.5 Å². The third kappa shape index (κ3) is 6.93. The minimum absolute atomic E-state index is 0.111. The van der Waals surface area contributed by atoms with Crippen LogP contribution in [0.5, 0.6) is 5.75 Å². The van der Waals surface area contributed by atoms with Gasteiger partial charge in [-0.25, -0.2) is 8.42 Å².